The van der Waals surface area contributed by atoms with Gasteiger partial charge >= 0.3 is 0 Å². The van der Waals surface area contributed by atoms with Gasteiger partial charge in [0.1, 0.15) is 38.8 Å². The summed E-state index contributed by atoms with van der Waals surface area (Å²) in [6.07, 6.45) is 0. The zero-order valence-corrected chi connectivity index (χ0v) is 57.5. The maximum Gasteiger partial charge on any atom is 0.135 e. The van der Waals surface area contributed by atoms with Crippen LogP contribution < -0.4 is 40.3 Å². The number of rotatable bonds is 14. The fraction of sp³-hybridized carbons (Fsp3) is 0.0435. The Hall–Kier alpha value is -12.2. The second-order valence-electron chi connectivity index (χ2n) is 26.1. The number of hydrogen-bond acceptors (Lipinski definition) is 6. The quantitative estimate of drug-likeness (QED) is 0.101. The smallest absolute Gasteiger partial charge is 0.135 e. The van der Waals surface area contributed by atoms with Crippen LogP contribution in [0.5, 0.6) is 0 Å². The Morgan fingerprint density at radius 3 is 0.840 bits per heavy atom. The first-order valence-corrected chi connectivity index (χ1v) is 39.6. The second kappa shape index (κ2) is 25.7. The van der Waals surface area contributed by atoms with Crippen LogP contribution in [-0.4, -0.2) is 16.1 Å². The predicted molar refractivity (Wildman–Crippen MR) is 426 cm³/mol. The predicted octanol–water partition coefficient (Wildman–Crippen LogP) is 23.7. The Kier molecular flexibility index (Phi) is 13.1. The molecular weight excluding hydrogens is 1250 g/mol. The fourth-order valence-corrected chi connectivity index (χ4v) is 21.2. The monoisotopic (exact) mass is 1330 g/mol. The highest BCUT2D eigenvalue weighted by Crippen LogP contribution is 2.46. The molecule has 100 heavy (non-hydrogen) atoms. The summed E-state index contributed by atoms with van der Waals surface area (Å²) >= 11 is 0. The standard InChI is InChI=1S/C52H40N2OSi.C40H32N2OSi/c1-56(2)50-34-32-46(54(42-21-13-6-14-22-42)44-29-25-40(26-30-44)38-17-9-4-10-18-38)36-48(50)51-52(56)47-35-45(31-33-49(47)55-51)53(41-19-11-5-12-20-41)43-27-23-39(24-28-43)37-15-7-3-8-16-37;1-44(2)38-26-24-34(42(31-19-11-5-12-20-31)32-21-13-6-14-22-32)28-36(38)39-40(44)35-27-33(23-25-37(35)43-39)41(29-15-7-3-8-16-29)30-17-9-4-10-18-30/h3-36H,1-2H3;3-28H,1-2H3/i;3D,5D,7D,8D,11D,12D,15D,16D,19D,20D. The third-order valence-electron chi connectivity index (χ3n) is 19.4. The second-order valence-corrected chi connectivity index (χ2v) is 34.7. The summed E-state index contributed by atoms with van der Waals surface area (Å²) in [6, 6.07) is 99.8. The molecule has 0 aliphatic carbocycles. The van der Waals surface area contributed by atoms with Gasteiger partial charge in [0.05, 0.1) is 13.7 Å². The normalized spacial score (nSPS) is 14.2. The number of furan rings is 2. The molecule has 2 aliphatic rings. The maximum absolute atomic E-state index is 8.83. The molecule has 0 spiro atoms. The van der Waals surface area contributed by atoms with E-state index in [0.29, 0.717) is 34.1 Å². The molecule has 4 heterocycles. The minimum Gasteiger partial charge on any atom is -0.456 e. The summed E-state index contributed by atoms with van der Waals surface area (Å²) in [5.74, 6) is 1.69. The topological polar surface area (TPSA) is 39.2 Å². The SMILES string of the molecule is C[Si]1(C)c2ccc(N(c3ccccc3)c3ccc(-c4ccccc4)cc3)cc2-c2oc3ccc(N(c4ccccc4)c4ccc(-c5ccccc5)cc4)cc3c21.[2H]c1c([2H])c([2H])c(N(c2ccccc2)c2ccc3c(c2)-c2oc4ccc(N(c5ccccc5)c5c([2H])c([2H])c([2H])c([2H])c5[2H])cc4c2[Si]3(C)C)c([2H])c1[2H]. The van der Waals surface area contributed by atoms with Gasteiger partial charge in [-0.05, 0) is 201 Å². The van der Waals surface area contributed by atoms with Gasteiger partial charge in [-0.1, -0.05) is 232 Å². The van der Waals surface area contributed by atoms with E-state index in [2.05, 4.69) is 242 Å². The third-order valence-corrected chi connectivity index (χ3v) is 26.5. The minimum absolute atomic E-state index is 0.0322. The molecule has 0 atom stereocenters. The first kappa shape index (κ1) is 51.1. The van der Waals surface area contributed by atoms with E-state index in [1.807, 2.05) is 97.1 Å². The number of benzene rings is 14. The highest BCUT2D eigenvalue weighted by atomic mass is 28.3. The minimum atomic E-state index is -2.47. The van der Waals surface area contributed by atoms with Crippen molar-refractivity contribution in [1.29, 1.82) is 0 Å². The maximum atomic E-state index is 8.83. The molecule has 18 rings (SSSR count). The van der Waals surface area contributed by atoms with Gasteiger partial charge in [0.15, 0.2) is 0 Å². The lowest BCUT2D eigenvalue weighted by Crippen LogP contribution is -2.49. The summed E-state index contributed by atoms with van der Waals surface area (Å²) in [7, 11) is -4.62. The van der Waals surface area contributed by atoms with E-state index in [1.165, 1.54) is 43.6 Å². The van der Waals surface area contributed by atoms with Crippen LogP contribution >= 0.6 is 0 Å². The van der Waals surface area contributed by atoms with E-state index in [4.69, 9.17) is 22.5 Å². The van der Waals surface area contributed by atoms with Crippen molar-refractivity contribution >= 4 is 127 Å². The van der Waals surface area contributed by atoms with Gasteiger partial charge in [0.25, 0.3) is 0 Å². The molecule has 0 unspecified atom stereocenters. The van der Waals surface area contributed by atoms with Crippen LogP contribution in [0.3, 0.4) is 0 Å². The Labute approximate surface area is 600 Å². The molecule has 16 aromatic rings. The third kappa shape index (κ3) is 11.1. The molecule has 0 fully saturated rings. The average Bonchev–Trinajstić information content (AvgIpc) is 1.55. The zero-order valence-electron chi connectivity index (χ0n) is 65.5. The molecule has 14 aromatic carbocycles. The van der Waals surface area contributed by atoms with Gasteiger partial charge in [-0.25, -0.2) is 0 Å². The van der Waals surface area contributed by atoms with Gasteiger partial charge in [-0.15, -0.1) is 0 Å². The van der Waals surface area contributed by atoms with E-state index < -0.39 is 52.4 Å². The Morgan fingerprint density at radius 2 is 0.510 bits per heavy atom. The Morgan fingerprint density at radius 1 is 0.250 bits per heavy atom. The average molecular weight is 1330 g/mol. The van der Waals surface area contributed by atoms with Crippen molar-refractivity contribution in [2.24, 2.45) is 0 Å². The van der Waals surface area contributed by atoms with E-state index in [-0.39, 0.29) is 35.5 Å². The van der Waals surface area contributed by atoms with Crippen molar-refractivity contribution in [3.63, 3.8) is 0 Å². The van der Waals surface area contributed by atoms with Crippen molar-refractivity contribution in [2.75, 3.05) is 19.6 Å². The van der Waals surface area contributed by atoms with Crippen LogP contribution in [-0.2, 0) is 0 Å². The highest BCUT2D eigenvalue weighted by Gasteiger charge is 2.44. The molecule has 6 nitrogen and oxygen atoms in total. The van der Waals surface area contributed by atoms with E-state index in [1.54, 1.807) is 9.80 Å². The van der Waals surface area contributed by atoms with Gasteiger partial charge < -0.3 is 28.4 Å². The van der Waals surface area contributed by atoms with Crippen LogP contribution in [0.4, 0.5) is 68.2 Å². The van der Waals surface area contributed by atoms with Gasteiger partial charge in [-0.3, -0.25) is 0 Å². The van der Waals surface area contributed by atoms with Gasteiger partial charge in [0, 0.05) is 90.1 Å². The van der Waals surface area contributed by atoms with E-state index in [0.717, 1.165) is 66.8 Å². The van der Waals surface area contributed by atoms with Crippen LogP contribution in [0.25, 0.3) is 66.8 Å². The Balaban J connectivity index is 0.000000161. The first-order chi connectivity index (χ1) is 53.3. The van der Waals surface area contributed by atoms with Crippen LogP contribution in [0.2, 0.25) is 26.2 Å². The molecule has 0 radical (unpaired) electrons. The van der Waals surface area contributed by atoms with Gasteiger partial charge in [-0.2, -0.15) is 0 Å². The van der Waals surface area contributed by atoms with Crippen LogP contribution in [0.15, 0.2) is 373 Å². The van der Waals surface area contributed by atoms with Gasteiger partial charge in [0.2, 0.25) is 0 Å². The zero-order chi connectivity index (χ0) is 76.0. The Bertz CT molecular complexity index is 6180. The molecule has 0 bridgehead atoms. The van der Waals surface area contributed by atoms with Crippen molar-refractivity contribution in [1.82, 2.24) is 0 Å². The van der Waals surface area contributed by atoms with Crippen molar-refractivity contribution in [3.8, 4) is 44.9 Å². The van der Waals surface area contributed by atoms with Crippen LogP contribution in [0, 0.1) is 0 Å². The molecule has 480 valence electrons. The summed E-state index contributed by atoms with van der Waals surface area (Å²) in [5.41, 5.74) is 17.6. The number of nitrogens with zero attached hydrogens (tertiary/aromatic N) is 4. The van der Waals surface area contributed by atoms with Crippen molar-refractivity contribution in [2.45, 2.75) is 26.2 Å². The molecule has 8 heteroatoms. The van der Waals surface area contributed by atoms with E-state index in [9.17, 15) is 0 Å². The molecule has 0 N–H and O–H groups in total. The molecule has 0 amide bonds. The number of fused-ring (bicyclic) bond motifs is 10. The molecular formula is C92H72N4O2Si2. The number of hydrogen-bond donors (Lipinski definition) is 0. The molecule has 2 aromatic heterocycles. The summed E-state index contributed by atoms with van der Waals surface area (Å²) in [4.78, 5) is 8.07. The lowest BCUT2D eigenvalue weighted by Gasteiger charge is -2.27. The summed E-state index contributed by atoms with van der Waals surface area (Å²) in [5, 5.41) is 6.96. The molecule has 0 saturated carbocycles. The van der Waals surface area contributed by atoms with Crippen LogP contribution in [0.1, 0.15) is 13.7 Å². The molecule has 2 aliphatic heterocycles. The van der Waals surface area contributed by atoms with E-state index >= 15 is 0 Å². The largest absolute Gasteiger partial charge is 0.456 e. The van der Waals surface area contributed by atoms with Crippen molar-refractivity contribution < 1.29 is 22.5 Å². The lowest BCUT2D eigenvalue weighted by molar-refractivity contribution is 0.634. The highest BCUT2D eigenvalue weighted by molar-refractivity contribution is 7.05. The summed E-state index contributed by atoms with van der Waals surface area (Å²) < 4.78 is 98.8. The molecule has 0 saturated heterocycles. The number of para-hydroxylation sites is 6. The first-order valence-electron chi connectivity index (χ1n) is 38.6. The lowest BCUT2D eigenvalue weighted by atomic mass is 10.0. The summed E-state index contributed by atoms with van der Waals surface area (Å²) in [6.45, 7) is 9.39. The number of anilines is 12. The fourth-order valence-electron chi connectivity index (χ4n) is 14.7. The van der Waals surface area contributed by atoms with Crippen molar-refractivity contribution in [3.05, 3.63) is 364 Å².